The van der Waals surface area contributed by atoms with Gasteiger partial charge in [-0.25, -0.2) is 0 Å². The topological polar surface area (TPSA) is 33.0 Å². The van der Waals surface area contributed by atoms with E-state index in [4.69, 9.17) is 9.92 Å². The molecule has 75 valence electrons. The molecule has 2 rings (SSSR count). The Morgan fingerprint density at radius 1 is 1.33 bits per heavy atom. The lowest BCUT2D eigenvalue weighted by Crippen LogP contribution is -2.41. The van der Waals surface area contributed by atoms with Gasteiger partial charge in [-0.05, 0) is 35.9 Å². The molecule has 1 aliphatic rings. The molecule has 0 N–H and O–H groups in total. The SMILES string of the molecule is CO[B]C1(c2ccc(C#N)cc2)CCC1. The van der Waals surface area contributed by atoms with Crippen molar-refractivity contribution in [3.8, 4) is 6.07 Å². The van der Waals surface area contributed by atoms with E-state index in [1.165, 1.54) is 12.0 Å². The van der Waals surface area contributed by atoms with Crippen molar-refractivity contribution in [2.45, 2.75) is 24.6 Å². The molecule has 0 unspecified atom stereocenters. The summed E-state index contributed by atoms with van der Waals surface area (Å²) in [5.74, 6) is 0. The highest BCUT2D eigenvalue weighted by atomic mass is 16.4. The van der Waals surface area contributed by atoms with Crippen LogP contribution in [0.1, 0.15) is 30.4 Å². The van der Waals surface area contributed by atoms with Gasteiger partial charge in [0.25, 0.3) is 0 Å². The molecule has 3 heteroatoms. The maximum absolute atomic E-state index is 8.72. The van der Waals surface area contributed by atoms with Crippen molar-refractivity contribution < 1.29 is 4.65 Å². The van der Waals surface area contributed by atoms with Crippen LogP contribution in [0.2, 0.25) is 0 Å². The van der Waals surface area contributed by atoms with Crippen molar-refractivity contribution in [1.82, 2.24) is 0 Å². The summed E-state index contributed by atoms with van der Waals surface area (Å²) in [4.78, 5) is 0. The molecule has 0 atom stereocenters. The molecule has 1 aromatic carbocycles. The van der Waals surface area contributed by atoms with Gasteiger partial charge in [0.05, 0.1) is 11.6 Å². The normalized spacial score (nSPS) is 17.6. The minimum atomic E-state index is 0.0999. The Bertz CT molecular complexity index is 376. The predicted octanol–water partition coefficient (Wildman–Crippen LogP) is 2.20. The van der Waals surface area contributed by atoms with E-state index in [-0.39, 0.29) is 5.31 Å². The first-order chi connectivity index (χ1) is 7.30. The van der Waals surface area contributed by atoms with E-state index in [0.717, 1.165) is 12.8 Å². The number of nitrogens with zero attached hydrogens (tertiary/aromatic N) is 1. The Balaban J connectivity index is 2.24. The monoisotopic (exact) mass is 198 g/mol. The highest BCUT2D eigenvalue weighted by Gasteiger charge is 2.40. The summed E-state index contributed by atoms with van der Waals surface area (Å²) in [6, 6.07) is 9.95. The summed E-state index contributed by atoms with van der Waals surface area (Å²) in [5, 5.41) is 8.82. The van der Waals surface area contributed by atoms with Gasteiger partial charge in [0.15, 0.2) is 0 Å². The number of nitriles is 1. The fraction of sp³-hybridized carbons (Fsp3) is 0.417. The first kappa shape index (κ1) is 10.3. The second kappa shape index (κ2) is 4.08. The van der Waals surface area contributed by atoms with Crippen LogP contribution in [0.3, 0.4) is 0 Å². The maximum atomic E-state index is 8.72. The Kier molecular flexibility index (Phi) is 2.79. The molecular weight excluding hydrogens is 185 g/mol. The molecule has 0 amide bonds. The Hall–Kier alpha value is -1.27. The number of hydrogen-bond acceptors (Lipinski definition) is 2. The van der Waals surface area contributed by atoms with Crippen LogP contribution in [-0.2, 0) is 9.97 Å². The predicted molar refractivity (Wildman–Crippen MR) is 59.4 cm³/mol. The van der Waals surface area contributed by atoms with Crippen molar-refractivity contribution in [3.63, 3.8) is 0 Å². The Labute approximate surface area is 91.1 Å². The van der Waals surface area contributed by atoms with Gasteiger partial charge < -0.3 is 4.65 Å². The molecule has 1 aromatic rings. The van der Waals surface area contributed by atoms with Gasteiger partial charge in [-0.15, -0.1) is 0 Å². The van der Waals surface area contributed by atoms with Gasteiger partial charge in [-0.1, -0.05) is 18.6 Å². The molecule has 2 nitrogen and oxygen atoms in total. The number of rotatable bonds is 3. The van der Waals surface area contributed by atoms with E-state index in [1.807, 2.05) is 31.7 Å². The third kappa shape index (κ3) is 1.78. The maximum Gasteiger partial charge on any atom is 0.303 e. The molecule has 0 spiro atoms. The number of benzene rings is 1. The van der Waals surface area contributed by atoms with E-state index < -0.39 is 0 Å². The van der Waals surface area contributed by atoms with Gasteiger partial charge >= 0.3 is 7.48 Å². The molecule has 1 radical (unpaired) electrons. The molecule has 0 aromatic heterocycles. The first-order valence-corrected chi connectivity index (χ1v) is 5.18. The zero-order chi connectivity index (χ0) is 10.7. The molecule has 1 saturated carbocycles. The highest BCUT2D eigenvalue weighted by molar-refractivity contribution is 6.33. The van der Waals surface area contributed by atoms with Crippen LogP contribution >= 0.6 is 0 Å². The second-order valence-corrected chi connectivity index (χ2v) is 4.05. The van der Waals surface area contributed by atoms with Gasteiger partial charge in [0.1, 0.15) is 0 Å². The molecule has 1 fully saturated rings. The van der Waals surface area contributed by atoms with Crippen LogP contribution in [0, 0.1) is 11.3 Å². The van der Waals surface area contributed by atoms with E-state index in [1.54, 1.807) is 7.11 Å². The summed E-state index contributed by atoms with van der Waals surface area (Å²) in [7, 11) is 3.63. The largest absolute Gasteiger partial charge is 0.442 e. The van der Waals surface area contributed by atoms with Crippen LogP contribution < -0.4 is 0 Å². The molecule has 0 heterocycles. The van der Waals surface area contributed by atoms with Gasteiger partial charge in [0.2, 0.25) is 0 Å². The summed E-state index contributed by atoms with van der Waals surface area (Å²) in [5.41, 5.74) is 1.97. The summed E-state index contributed by atoms with van der Waals surface area (Å²) in [6.07, 6.45) is 3.54. The smallest absolute Gasteiger partial charge is 0.303 e. The summed E-state index contributed by atoms with van der Waals surface area (Å²) >= 11 is 0. The lowest BCUT2D eigenvalue weighted by molar-refractivity contribution is 0.303. The van der Waals surface area contributed by atoms with Crippen LogP contribution in [0.15, 0.2) is 24.3 Å². The fourth-order valence-corrected chi connectivity index (χ4v) is 2.13. The zero-order valence-electron chi connectivity index (χ0n) is 8.86. The molecule has 0 bridgehead atoms. The quantitative estimate of drug-likeness (QED) is 0.697. The molecule has 0 aliphatic heterocycles. The standard InChI is InChI=1S/C12H13BNO/c1-15-13-12(7-2-8-12)11-5-3-10(9-14)4-6-11/h3-6H,2,7-8H2,1H3. The van der Waals surface area contributed by atoms with Crippen molar-refractivity contribution in [2.24, 2.45) is 0 Å². The van der Waals surface area contributed by atoms with Crippen LogP contribution in [-0.4, -0.2) is 14.6 Å². The molecule has 1 aliphatic carbocycles. The van der Waals surface area contributed by atoms with Crippen molar-refractivity contribution in [1.29, 1.82) is 5.26 Å². The van der Waals surface area contributed by atoms with E-state index in [0.29, 0.717) is 5.56 Å². The van der Waals surface area contributed by atoms with Gasteiger partial charge in [0, 0.05) is 7.11 Å². The Morgan fingerprint density at radius 3 is 2.40 bits per heavy atom. The molecule has 15 heavy (non-hydrogen) atoms. The minimum Gasteiger partial charge on any atom is -0.442 e. The highest BCUT2D eigenvalue weighted by Crippen LogP contribution is 2.42. The first-order valence-electron chi connectivity index (χ1n) is 5.18. The molecular formula is C12H13BNO. The van der Waals surface area contributed by atoms with Gasteiger partial charge in [-0.3, -0.25) is 0 Å². The number of hydrogen-bond donors (Lipinski definition) is 0. The van der Waals surface area contributed by atoms with Crippen molar-refractivity contribution in [2.75, 3.05) is 7.11 Å². The Morgan fingerprint density at radius 2 is 2.00 bits per heavy atom. The fourth-order valence-electron chi connectivity index (χ4n) is 2.13. The van der Waals surface area contributed by atoms with Crippen LogP contribution in [0.5, 0.6) is 0 Å². The average Bonchev–Trinajstić information content (AvgIpc) is 2.24. The average molecular weight is 198 g/mol. The molecule has 0 saturated heterocycles. The lowest BCUT2D eigenvalue weighted by Gasteiger charge is -2.41. The summed E-state index contributed by atoms with van der Waals surface area (Å²) < 4.78 is 5.17. The zero-order valence-corrected chi connectivity index (χ0v) is 8.86. The van der Waals surface area contributed by atoms with Crippen molar-refractivity contribution in [3.05, 3.63) is 35.4 Å². The van der Waals surface area contributed by atoms with Crippen LogP contribution in [0.4, 0.5) is 0 Å². The van der Waals surface area contributed by atoms with Gasteiger partial charge in [-0.2, -0.15) is 5.26 Å². The van der Waals surface area contributed by atoms with Crippen molar-refractivity contribution >= 4 is 7.48 Å². The lowest BCUT2D eigenvalue weighted by atomic mass is 9.48. The second-order valence-electron chi connectivity index (χ2n) is 4.05. The van der Waals surface area contributed by atoms with E-state index >= 15 is 0 Å². The third-order valence-electron chi connectivity index (χ3n) is 3.18. The third-order valence-corrected chi connectivity index (χ3v) is 3.18. The summed E-state index contributed by atoms with van der Waals surface area (Å²) in [6.45, 7) is 0. The van der Waals surface area contributed by atoms with Crippen LogP contribution in [0.25, 0.3) is 0 Å². The van der Waals surface area contributed by atoms with E-state index in [9.17, 15) is 0 Å². The van der Waals surface area contributed by atoms with E-state index in [2.05, 4.69) is 6.07 Å². The minimum absolute atomic E-state index is 0.0999.